The second-order valence-corrected chi connectivity index (χ2v) is 5.72. The van der Waals surface area contributed by atoms with Gasteiger partial charge >= 0.3 is 0 Å². The maximum atomic E-state index is 13.5. The van der Waals surface area contributed by atoms with Crippen LogP contribution in [0.25, 0.3) is 0 Å². The molecule has 4 heteroatoms. The van der Waals surface area contributed by atoms with Crippen molar-refractivity contribution in [3.05, 3.63) is 34.6 Å². The summed E-state index contributed by atoms with van der Waals surface area (Å²) in [6.45, 7) is 1.43. The van der Waals surface area contributed by atoms with Crippen LogP contribution in [0.15, 0.2) is 18.2 Å². The maximum absolute atomic E-state index is 13.5. The van der Waals surface area contributed by atoms with Crippen molar-refractivity contribution in [2.75, 3.05) is 12.4 Å². The van der Waals surface area contributed by atoms with Gasteiger partial charge in [-0.2, -0.15) is 0 Å². The van der Waals surface area contributed by atoms with Crippen LogP contribution in [0.4, 0.5) is 4.39 Å². The summed E-state index contributed by atoms with van der Waals surface area (Å²) in [6.07, 6.45) is 3.71. The summed E-state index contributed by atoms with van der Waals surface area (Å²) < 4.78 is 13.5. The Labute approximate surface area is 118 Å². The number of benzene rings is 1. The molecule has 0 radical (unpaired) electrons. The van der Waals surface area contributed by atoms with Gasteiger partial charge in [-0.3, -0.25) is 0 Å². The average Bonchev–Trinajstić information content (AvgIpc) is 2.81. The van der Waals surface area contributed by atoms with E-state index in [4.69, 9.17) is 23.2 Å². The van der Waals surface area contributed by atoms with Gasteiger partial charge in [-0.05, 0) is 49.4 Å². The van der Waals surface area contributed by atoms with Crippen molar-refractivity contribution < 1.29 is 4.39 Å². The summed E-state index contributed by atoms with van der Waals surface area (Å²) in [5, 5.41) is 3.90. The van der Waals surface area contributed by atoms with Crippen LogP contribution >= 0.6 is 23.2 Å². The highest BCUT2D eigenvalue weighted by atomic mass is 35.5. The molecule has 0 saturated heterocycles. The fourth-order valence-corrected chi connectivity index (χ4v) is 3.26. The SMILES string of the molecule is Fc1ccc(Cl)cc1CNCC1CCCC1CCl. The monoisotopic (exact) mass is 289 g/mol. The molecule has 1 aliphatic rings. The molecule has 2 rings (SSSR count). The van der Waals surface area contributed by atoms with Gasteiger partial charge in [-0.15, -0.1) is 11.6 Å². The van der Waals surface area contributed by atoms with Crippen LogP contribution in [0.5, 0.6) is 0 Å². The number of alkyl halides is 1. The number of hydrogen-bond donors (Lipinski definition) is 1. The zero-order chi connectivity index (χ0) is 13.0. The van der Waals surface area contributed by atoms with Crippen LogP contribution in [0.1, 0.15) is 24.8 Å². The smallest absolute Gasteiger partial charge is 0.127 e. The first-order valence-corrected chi connectivity index (χ1v) is 7.32. The molecule has 0 aliphatic heterocycles. The number of halogens is 3. The number of rotatable bonds is 5. The van der Waals surface area contributed by atoms with E-state index in [1.54, 1.807) is 12.1 Å². The molecular formula is C14H18Cl2FN. The highest BCUT2D eigenvalue weighted by molar-refractivity contribution is 6.30. The van der Waals surface area contributed by atoms with Gasteiger partial charge in [-0.25, -0.2) is 4.39 Å². The summed E-state index contributed by atoms with van der Waals surface area (Å²) in [5.41, 5.74) is 0.628. The van der Waals surface area contributed by atoms with E-state index >= 15 is 0 Å². The molecule has 0 spiro atoms. The third-order valence-corrected chi connectivity index (χ3v) is 4.38. The molecule has 1 fully saturated rings. The molecule has 1 aromatic carbocycles. The lowest BCUT2D eigenvalue weighted by Gasteiger charge is -2.17. The predicted molar refractivity (Wildman–Crippen MR) is 74.7 cm³/mol. The lowest BCUT2D eigenvalue weighted by Crippen LogP contribution is -2.26. The third-order valence-electron chi connectivity index (χ3n) is 3.74. The topological polar surface area (TPSA) is 12.0 Å². The van der Waals surface area contributed by atoms with Gasteiger partial charge in [0.2, 0.25) is 0 Å². The van der Waals surface area contributed by atoms with Crippen LogP contribution in [-0.2, 0) is 6.54 Å². The Hall–Kier alpha value is -0.310. The first kappa shape index (κ1) is 14.1. The van der Waals surface area contributed by atoms with E-state index in [0.29, 0.717) is 29.0 Å². The highest BCUT2D eigenvalue weighted by Gasteiger charge is 2.25. The van der Waals surface area contributed by atoms with E-state index in [-0.39, 0.29) is 5.82 Å². The zero-order valence-electron chi connectivity index (χ0n) is 10.3. The van der Waals surface area contributed by atoms with Gasteiger partial charge in [0, 0.05) is 23.0 Å². The van der Waals surface area contributed by atoms with E-state index < -0.39 is 0 Å². The molecule has 2 atom stereocenters. The Morgan fingerprint density at radius 1 is 1.28 bits per heavy atom. The molecule has 0 heterocycles. The van der Waals surface area contributed by atoms with Crippen LogP contribution in [0.3, 0.4) is 0 Å². The van der Waals surface area contributed by atoms with Crippen molar-refractivity contribution >= 4 is 23.2 Å². The minimum Gasteiger partial charge on any atom is -0.312 e. The molecule has 1 N–H and O–H groups in total. The Morgan fingerprint density at radius 3 is 2.83 bits per heavy atom. The molecule has 0 bridgehead atoms. The standard InChI is InChI=1S/C14H18Cl2FN/c15-7-10-2-1-3-11(10)8-18-9-12-6-13(16)4-5-14(12)17/h4-6,10-11,18H,1-3,7-9H2. The predicted octanol–water partition coefficient (Wildman–Crippen LogP) is 4.22. The normalized spacial score (nSPS) is 23.5. The van der Waals surface area contributed by atoms with Crippen molar-refractivity contribution in [3.8, 4) is 0 Å². The Balaban J connectivity index is 1.83. The Bertz CT molecular complexity index is 397. The summed E-state index contributed by atoms with van der Waals surface area (Å²) >= 11 is 11.8. The van der Waals surface area contributed by atoms with E-state index in [9.17, 15) is 4.39 Å². The largest absolute Gasteiger partial charge is 0.312 e. The molecule has 18 heavy (non-hydrogen) atoms. The minimum atomic E-state index is -0.202. The van der Waals surface area contributed by atoms with E-state index in [2.05, 4.69) is 5.32 Å². The second-order valence-electron chi connectivity index (χ2n) is 4.97. The Kier molecular flexibility index (Phi) is 5.28. The summed E-state index contributed by atoms with van der Waals surface area (Å²) in [5.74, 6) is 1.78. The van der Waals surface area contributed by atoms with Gasteiger partial charge in [0.15, 0.2) is 0 Å². The number of hydrogen-bond acceptors (Lipinski definition) is 1. The van der Waals surface area contributed by atoms with Crippen molar-refractivity contribution in [2.24, 2.45) is 11.8 Å². The van der Waals surface area contributed by atoms with Crippen molar-refractivity contribution in [2.45, 2.75) is 25.8 Å². The van der Waals surface area contributed by atoms with Crippen LogP contribution in [0.2, 0.25) is 5.02 Å². The molecular weight excluding hydrogens is 272 g/mol. The first-order chi connectivity index (χ1) is 8.70. The molecule has 1 aromatic rings. The van der Waals surface area contributed by atoms with E-state index in [0.717, 1.165) is 12.4 Å². The quantitative estimate of drug-likeness (QED) is 0.800. The zero-order valence-corrected chi connectivity index (χ0v) is 11.8. The third kappa shape index (κ3) is 3.59. The van der Waals surface area contributed by atoms with Crippen molar-refractivity contribution in [1.82, 2.24) is 5.32 Å². The molecule has 100 valence electrons. The average molecular weight is 290 g/mol. The first-order valence-electron chi connectivity index (χ1n) is 6.41. The van der Waals surface area contributed by atoms with Crippen LogP contribution in [-0.4, -0.2) is 12.4 Å². The summed E-state index contributed by atoms with van der Waals surface area (Å²) in [6, 6.07) is 4.66. The Morgan fingerprint density at radius 2 is 2.06 bits per heavy atom. The molecule has 1 nitrogen and oxygen atoms in total. The summed E-state index contributed by atoms with van der Waals surface area (Å²) in [7, 11) is 0. The highest BCUT2D eigenvalue weighted by Crippen LogP contribution is 2.32. The second kappa shape index (κ2) is 6.74. The minimum absolute atomic E-state index is 0.202. The lowest BCUT2D eigenvalue weighted by molar-refractivity contribution is 0.394. The molecule has 0 aromatic heterocycles. The molecule has 1 aliphatic carbocycles. The van der Waals surface area contributed by atoms with Gasteiger partial charge in [0.05, 0.1) is 0 Å². The van der Waals surface area contributed by atoms with E-state index in [1.807, 2.05) is 0 Å². The lowest BCUT2D eigenvalue weighted by atomic mass is 9.98. The molecule has 2 unspecified atom stereocenters. The van der Waals surface area contributed by atoms with Crippen molar-refractivity contribution in [3.63, 3.8) is 0 Å². The van der Waals surface area contributed by atoms with Crippen molar-refractivity contribution in [1.29, 1.82) is 0 Å². The van der Waals surface area contributed by atoms with Crippen LogP contribution < -0.4 is 5.32 Å². The fraction of sp³-hybridized carbons (Fsp3) is 0.571. The molecule has 0 amide bonds. The molecule has 1 saturated carbocycles. The van der Waals surface area contributed by atoms with Gasteiger partial charge in [0.1, 0.15) is 5.82 Å². The number of nitrogens with one attached hydrogen (secondary N) is 1. The maximum Gasteiger partial charge on any atom is 0.127 e. The van der Waals surface area contributed by atoms with Gasteiger partial charge < -0.3 is 5.32 Å². The van der Waals surface area contributed by atoms with Crippen LogP contribution in [0, 0.1) is 17.7 Å². The summed E-state index contributed by atoms with van der Waals surface area (Å²) in [4.78, 5) is 0. The fourth-order valence-electron chi connectivity index (χ4n) is 2.66. The van der Waals surface area contributed by atoms with Gasteiger partial charge in [0.25, 0.3) is 0 Å². The van der Waals surface area contributed by atoms with Gasteiger partial charge in [-0.1, -0.05) is 18.0 Å². The van der Waals surface area contributed by atoms with E-state index in [1.165, 1.54) is 25.3 Å².